The van der Waals surface area contributed by atoms with Crippen LogP contribution in [0.2, 0.25) is 0 Å². The summed E-state index contributed by atoms with van der Waals surface area (Å²) >= 11 is 0. The van der Waals surface area contributed by atoms with Crippen LogP contribution in [0.25, 0.3) is 10.9 Å². The van der Waals surface area contributed by atoms with E-state index in [2.05, 4.69) is 16.1 Å². The second-order valence-corrected chi connectivity index (χ2v) is 4.91. The molecule has 3 nitrogen and oxygen atoms in total. The number of rotatable bonds is 7. The molecule has 1 aromatic carbocycles. The summed E-state index contributed by atoms with van der Waals surface area (Å²) in [6, 6.07) is 8.12. The first kappa shape index (κ1) is 15.9. The van der Waals surface area contributed by atoms with Gasteiger partial charge < -0.3 is 14.6 Å². The van der Waals surface area contributed by atoms with Crippen molar-refractivity contribution in [3.8, 4) is 0 Å². The zero-order valence-electron chi connectivity index (χ0n) is 11.9. The number of halogens is 3. The maximum Gasteiger partial charge on any atom is 0.411 e. The van der Waals surface area contributed by atoms with Gasteiger partial charge in [0, 0.05) is 36.8 Å². The Morgan fingerprint density at radius 1 is 1.24 bits per heavy atom. The van der Waals surface area contributed by atoms with E-state index in [0.29, 0.717) is 13.0 Å². The van der Waals surface area contributed by atoms with Crippen molar-refractivity contribution < 1.29 is 17.9 Å². The van der Waals surface area contributed by atoms with Crippen LogP contribution in [0.3, 0.4) is 0 Å². The second-order valence-electron chi connectivity index (χ2n) is 4.91. The standard InChI is InChI=1S/C15H19F3N2O/c1-19-10-12-4-2-5-14-13(12)6-8-20(14)7-3-9-21-11-15(16,17)18/h2,4-6,8,19H,3,7,9-11H2,1H3. The first-order chi connectivity index (χ1) is 10.0. The highest BCUT2D eigenvalue weighted by Gasteiger charge is 2.27. The Morgan fingerprint density at radius 3 is 2.76 bits per heavy atom. The summed E-state index contributed by atoms with van der Waals surface area (Å²) in [5.41, 5.74) is 2.31. The number of hydrogen-bond acceptors (Lipinski definition) is 2. The minimum absolute atomic E-state index is 0.107. The Kier molecular flexibility index (Phi) is 5.25. The molecular weight excluding hydrogens is 281 g/mol. The van der Waals surface area contributed by atoms with Crippen LogP contribution in [-0.2, 0) is 17.8 Å². The second kappa shape index (κ2) is 6.95. The van der Waals surface area contributed by atoms with Crippen molar-refractivity contribution >= 4 is 10.9 Å². The first-order valence-electron chi connectivity index (χ1n) is 6.87. The summed E-state index contributed by atoms with van der Waals surface area (Å²) in [6.45, 7) is 0.363. The van der Waals surface area contributed by atoms with Crippen molar-refractivity contribution in [1.29, 1.82) is 0 Å². The van der Waals surface area contributed by atoms with Gasteiger partial charge in [-0.3, -0.25) is 0 Å². The molecule has 0 amide bonds. The normalized spacial score (nSPS) is 12.2. The molecule has 0 bridgehead atoms. The van der Waals surface area contributed by atoms with Crippen molar-refractivity contribution in [1.82, 2.24) is 9.88 Å². The molecule has 0 saturated heterocycles. The van der Waals surface area contributed by atoms with Crippen LogP contribution in [-0.4, -0.2) is 31.0 Å². The van der Waals surface area contributed by atoms with Gasteiger partial charge in [0.15, 0.2) is 0 Å². The number of nitrogens with zero attached hydrogens (tertiary/aromatic N) is 1. The van der Waals surface area contributed by atoms with Crippen LogP contribution in [0.4, 0.5) is 13.2 Å². The number of alkyl halides is 3. The zero-order chi connectivity index (χ0) is 15.3. The molecule has 0 saturated carbocycles. The largest absolute Gasteiger partial charge is 0.411 e. The molecule has 1 aromatic heterocycles. The molecule has 0 spiro atoms. The third kappa shape index (κ3) is 4.47. The minimum Gasteiger partial charge on any atom is -0.372 e. The van der Waals surface area contributed by atoms with E-state index >= 15 is 0 Å². The highest BCUT2D eigenvalue weighted by Crippen LogP contribution is 2.20. The molecule has 0 radical (unpaired) electrons. The van der Waals surface area contributed by atoms with Gasteiger partial charge in [0.2, 0.25) is 0 Å². The lowest BCUT2D eigenvalue weighted by molar-refractivity contribution is -0.174. The van der Waals surface area contributed by atoms with Gasteiger partial charge in [-0.2, -0.15) is 13.2 Å². The fourth-order valence-corrected chi connectivity index (χ4v) is 2.35. The molecule has 1 N–H and O–H groups in total. The van der Waals surface area contributed by atoms with E-state index in [-0.39, 0.29) is 6.61 Å². The van der Waals surface area contributed by atoms with E-state index in [1.807, 2.05) is 36.0 Å². The summed E-state index contributed by atoms with van der Waals surface area (Å²) in [7, 11) is 1.90. The van der Waals surface area contributed by atoms with E-state index in [1.54, 1.807) is 0 Å². The Labute approximate surface area is 121 Å². The summed E-state index contributed by atoms with van der Waals surface area (Å²) in [4.78, 5) is 0. The number of nitrogens with one attached hydrogen (secondary N) is 1. The Hall–Kier alpha value is -1.53. The molecular formula is C15H19F3N2O. The number of fused-ring (bicyclic) bond motifs is 1. The average molecular weight is 300 g/mol. The minimum atomic E-state index is -4.25. The topological polar surface area (TPSA) is 26.2 Å². The molecule has 0 aliphatic carbocycles. The molecule has 0 atom stereocenters. The average Bonchev–Trinajstić information content (AvgIpc) is 2.82. The molecule has 1 heterocycles. The van der Waals surface area contributed by atoms with Gasteiger partial charge in [-0.05, 0) is 31.2 Å². The van der Waals surface area contributed by atoms with Crippen LogP contribution in [0.5, 0.6) is 0 Å². The van der Waals surface area contributed by atoms with E-state index in [1.165, 1.54) is 10.9 Å². The van der Waals surface area contributed by atoms with Gasteiger partial charge in [-0.1, -0.05) is 12.1 Å². The Morgan fingerprint density at radius 2 is 2.05 bits per heavy atom. The third-order valence-corrected chi connectivity index (χ3v) is 3.22. The predicted octanol–water partition coefficient (Wildman–Crippen LogP) is 3.33. The molecule has 6 heteroatoms. The summed E-state index contributed by atoms with van der Waals surface area (Å²) in [6.07, 6.45) is -1.73. The van der Waals surface area contributed by atoms with E-state index < -0.39 is 12.8 Å². The highest BCUT2D eigenvalue weighted by molar-refractivity contribution is 5.83. The number of aromatic nitrogens is 1. The quantitative estimate of drug-likeness (QED) is 0.794. The lowest BCUT2D eigenvalue weighted by Crippen LogP contribution is -2.17. The zero-order valence-corrected chi connectivity index (χ0v) is 11.9. The van der Waals surface area contributed by atoms with Crippen LogP contribution >= 0.6 is 0 Å². The molecule has 0 aliphatic heterocycles. The molecule has 2 rings (SSSR count). The summed E-state index contributed by atoms with van der Waals surface area (Å²) in [5, 5.41) is 4.29. The molecule has 0 aliphatic rings. The molecule has 0 fully saturated rings. The third-order valence-electron chi connectivity index (χ3n) is 3.22. The number of aryl methyl sites for hydroxylation is 1. The fraction of sp³-hybridized carbons (Fsp3) is 0.467. The lowest BCUT2D eigenvalue weighted by Gasteiger charge is -2.09. The van der Waals surface area contributed by atoms with Gasteiger partial charge >= 0.3 is 6.18 Å². The molecule has 0 unspecified atom stereocenters. The van der Waals surface area contributed by atoms with Crippen molar-refractivity contribution in [2.24, 2.45) is 0 Å². The van der Waals surface area contributed by atoms with Crippen LogP contribution < -0.4 is 5.32 Å². The number of ether oxygens (including phenoxy) is 1. The Balaban J connectivity index is 1.92. The first-order valence-corrected chi connectivity index (χ1v) is 6.87. The summed E-state index contributed by atoms with van der Waals surface area (Å²) in [5.74, 6) is 0. The number of hydrogen-bond donors (Lipinski definition) is 1. The Bertz CT molecular complexity index is 578. The van der Waals surface area contributed by atoms with Crippen molar-refractivity contribution in [3.63, 3.8) is 0 Å². The maximum absolute atomic E-state index is 11.9. The molecule has 21 heavy (non-hydrogen) atoms. The van der Waals surface area contributed by atoms with Crippen LogP contribution in [0, 0.1) is 0 Å². The van der Waals surface area contributed by atoms with Crippen molar-refractivity contribution in [2.75, 3.05) is 20.3 Å². The van der Waals surface area contributed by atoms with Crippen molar-refractivity contribution in [3.05, 3.63) is 36.0 Å². The van der Waals surface area contributed by atoms with Crippen molar-refractivity contribution in [2.45, 2.75) is 25.7 Å². The van der Waals surface area contributed by atoms with E-state index in [4.69, 9.17) is 0 Å². The van der Waals surface area contributed by atoms with Crippen LogP contribution in [0.1, 0.15) is 12.0 Å². The lowest BCUT2D eigenvalue weighted by atomic mass is 10.1. The molecule has 2 aromatic rings. The van der Waals surface area contributed by atoms with Gasteiger partial charge in [0.25, 0.3) is 0 Å². The van der Waals surface area contributed by atoms with Gasteiger partial charge in [-0.25, -0.2) is 0 Å². The molecule has 116 valence electrons. The van der Waals surface area contributed by atoms with E-state index in [0.717, 1.165) is 12.1 Å². The van der Waals surface area contributed by atoms with Gasteiger partial charge in [-0.15, -0.1) is 0 Å². The smallest absolute Gasteiger partial charge is 0.372 e. The predicted molar refractivity (Wildman–Crippen MR) is 76.2 cm³/mol. The SMILES string of the molecule is CNCc1cccc2c1ccn2CCCOCC(F)(F)F. The monoisotopic (exact) mass is 300 g/mol. The van der Waals surface area contributed by atoms with Gasteiger partial charge in [0.05, 0.1) is 0 Å². The van der Waals surface area contributed by atoms with Gasteiger partial charge in [0.1, 0.15) is 6.61 Å². The van der Waals surface area contributed by atoms with Crippen LogP contribution in [0.15, 0.2) is 30.5 Å². The number of benzene rings is 1. The highest BCUT2D eigenvalue weighted by atomic mass is 19.4. The van der Waals surface area contributed by atoms with E-state index in [9.17, 15) is 13.2 Å². The summed E-state index contributed by atoms with van der Waals surface area (Å²) < 4.78 is 42.5. The maximum atomic E-state index is 11.9. The fourth-order valence-electron chi connectivity index (χ4n) is 2.35.